The molecule has 1 saturated carbocycles. The van der Waals surface area contributed by atoms with Crippen LogP contribution in [0.2, 0.25) is 9.36 Å². The van der Waals surface area contributed by atoms with Gasteiger partial charge in [-0.05, 0) is 37.1 Å². The molecule has 36 heavy (non-hydrogen) atoms. The number of carbonyl (C=O) groups excluding carboxylic acids is 2. The van der Waals surface area contributed by atoms with E-state index in [-0.39, 0.29) is 30.8 Å². The van der Waals surface area contributed by atoms with Crippen LogP contribution < -0.4 is 14.8 Å². The van der Waals surface area contributed by atoms with Crippen molar-refractivity contribution in [2.45, 2.75) is 36.0 Å². The first-order chi connectivity index (χ1) is 17.0. The minimum absolute atomic E-state index is 0.0137. The van der Waals surface area contributed by atoms with Gasteiger partial charge in [-0.15, -0.1) is 0 Å². The molecular weight excluding hydrogens is 561 g/mol. The predicted molar refractivity (Wildman–Crippen MR) is 128 cm³/mol. The Morgan fingerprint density at radius 1 is 1.17 bits per heavy atom. The number of ether oxygens (including phenoxy) is 2. The molecule has 1 unspecified atom stereocenters. The summed E-state index contributed by atoms with van der Waals surface area (Å²) >= 11 is 13.0. The van der Waals surface area contributed by atoms with Crippen LogP contribution in [0.1, 0.15) is 31.4 Å². The second-order valence-corrected chi connectivity index (χ2v) is 11.9. The van der Waals surface area contributed by atoms with E-state index in [1.54, 1.807) is 0 Å². The number of carbonyl (C=O) groups is 2. The SMILES string of the molecule is CC(=O)Oc1nc(NC(=O)C(Oc2ccc(F)cc2F)c2ccc(S(=O)(=O)C3CC3)c(Cl)c2)sc1Cl. The molecule has 14 heteroatoms. The topological polar surface area (TPSA) is 112 Å². The molecule has 0 aliphatic heterocycles. The number of nitrogens with one attached hydrogen (secondary N) is 1. The zero-order valence-corrected chi connectivity index (χ0v) is 21.4. The van der Waals surface area contributed by atoms with Gasteiger partial charge in [-0.3, -0.25) is 14.9 Å². The van der Waals surface area contributed by atoms with Crippen molar-refractivity contribution >= 4 is 61.4 Å². The third-order valence-corrected chi connectivity index (χ3v) is 8.81. The first kappa shape index (κ1) is 26.3. The largest absolute Gasteiger partial charge is 0.473 e. The monoisotopic (exact) mass is 576 g/mol. The summed E-state index contributed by atoms with van der Waals surface area (Å²) in [7, 11) is -3.63. The molecule has 190 valence electrons. The summed E-state index contributed by atoms with van der Waals surface area (Å²) in [5.74, 6) is -4.13. The number of sulfone groups is 1. The van der Waals surface area contributed by atoms with Gasteiger partial charge in [0.05, 0.1) is 15.2 Å². The molecule has 0 saturated heterocycles. The molecular formula is C22H16Cl2F2N2O6S2. The number of benzene rings is 2. The summed E-state index contributed by atoms with van der Waals surface area (Å²) in [5, 5.41) is 1.71. The number of amides is 1. The maximum Gasteiger partial charge on any atom is 0.309 e. The zero-order chi connectivity index (χ0) is 26.2. The Labute approximate surface area is 218 Å². The first-order valence-corrected chi connectivity index (χ1v) is 13.4. The van der Waals surface area contributed by atoms with E-state index in [1.165, 1.54) is 18.2 Å². The fraction of sp³-hybridized carbons (Fsp3) is 0.227. The van der Waals surface area contributed by atoms with Crippen molar-refractivity contribution in [3.63, 3.8) is 0 Å². The molecule has 1 N–H and O–H groups in total. The molecule has 1 fully saturated rings. The number of hydrogen-bond acceptors (Lipinski definition) is 8. The Hall–Kier alpha value is -2.80. The molecule has 1 aromatic heterocycles. The van der Waals surface area contributed by atoms with Gasteiger partial charge in [-0.25, -0.2) is 17.2 Å². The van der Waals surface area contributed by atoms with Gasteiger partial charge in [-0.1, -0.05) is 40.6 Å². The maximum atomic E-state index is 14.3. The molecule has 8 nitrogen and oxygen atoms in total. The van der Waals surface area contributed by atoms with Gasteiger partial charge in [0.2, 0.25) is 6.10 Å². The minimum Gasteiger partial charge on any atom is -0.473 e. The van der Waals surface area contributed by atoms with Crippen LogP contribution in [0, 0.1) is 11.6 Å². The number of halogens is 4. The Bertz CT molecular complexity index is 1460. The van der Waals surface area contributed by atoms with Crippen molar-refractivity contribution < 1.29 is 36.3 Å². The van der Waals surface area contributed by atoms with Crippen molar-refractivity contribution in [2.75, 3.05) is 5.32 Å². The van der Waals surface area contributed by atoms with Crippen molar-refractivity contribution in [2.24, 2.45) is 0 Å². The van der Waals surface area contributed by atoms with Crippen LogP contribution in [0.15, 0.2) is 41.3 Å². The highest BCUT2D eigenvalue weighted by Gasteiger charge is 2.38. The Kier molecular flexibility index (Phi) is 7.51. The lowest BCUT2D eigenvalue weighted by Crippen LogP contribution is -2.26. The summed E-state index contributed by atoms with van der Waals surface area (Å²) in [6.45, 7) is 1.14. The number of anilines is 1. The molecule has 0 spiro atoms. The minimum atomic E-state index is -3.63. The van der Waals surface area contributed by atoms with Gasteiger partial charge in [0.1, 0.15) is 5.82 Å². The molecule has 1 amide bonds. The summed E-state index contributed by atoms with van der Waals surface area (Å²) in [6.07, 6.45) is -0.506. The fourth-order valence-corrected chi connectivity index (χ4v) is 6.29. The van der Waals surface area contributed by atoms with E-state index in [1.807, 2.05) is 0 Å². The lowest BCUT2D eigenvalue weighted by atomic mass is 10.1. The number of thiazole rings is 1. The summed E-state index contributed by atoms with van der Waals surface area (Å²) in [6, 6.07) is 6.30. The molecule has 3 aromatic rings. The van der Waals surface area contributed by atoms with Gasteiger partial charge in [0.15, 0.2) is 30.9 Å². The molecule has 4 rings (SSSR count). The normalized spacial score (nSPS) is 14.2. The molecule has 0 bridgehead atoms. The van der Waals surface area contributed by atoms with E-state index < -0.39 is 50.5 Å². The maximum absolute atomic E-state index is 14.3. The zero-order valence-electron chi connectivity index (χ0n) is 18.3. The van der Waals surface area contributed by atoms with E-state index in [2.05, 4.69) is 10.3 Å². The van der Waals surface area contributed by atoms with E-state index in [4.69, 9.17) is 32.7 Å². The van der Waals surface area contributed by atoms with E-state index in [9.17, 15) is 26.8 Å². The van der Waals surface area contributed by atoms with Crippen LogP contribution >= 0.6 is 34.5 Å². The lowest BCUT2D eigenvalue weighted by molar-refractivity contribution is -0.132. The number of aromatic nitrogens is 1. The van der Waals surface area contributed by atoms with Crippen molar-refractivity contribution in [1.82, 2.24) is 4.98 Å². The predicted octanol–water partition coefficient (Wildman–Crippen LogP) is 5.35. The van der Waals surface area contributed by atoms with Crippen LogP contribution in [0.3, 0.4) is 0 Å². The highest BCUT2D eigenvalue weighted by Crippen LogP contribution is 2.38. The van der Waals surface area contributed by atoms with Gasteiger partial charge in [-0.2, -0.15) is 4.98 Å². The molecule has 1 atom stereocenters. The van der Waals surface area contributed by atoms with Crippen LogP contribution in [0.25, 0.3) is 0 Å². The second kappa shape index (κ2) is 10.3. The smallest absolute Gasteiger partial charge is 0.309 e. The average Bonchev–Trinajstić information content (AvgIpc) is 3.59. The van der Waals surface area contributed by atoms with Crippen LogP contribution in [-0.4, -0.2) is 30.5 Å². The van der Waals surface area contributed by atoms with E-state index in [0.717, 1.165) is 30.4 Å². The number of rotatable bonds is 8. The lowest BCUT2D eigenvalue weighted by Gasteiger charge is -2.20. The molecule has 1 aliphatic rings. The number of hydrogen-bond donors (Lipinski definition) is 1. The van der Waals surface area contributed by atoms with Crippen LogP contribution in [-0.2, 0) is 19.4 Å². The van der Waals surface area contributed by atoms with Crippen molar-refractivity contribution in [1.29, 1.82) is 0 Å². The number of esters is 1. The highest BCUT2D eigenvalue weighted by molar-refractivity contribution is 7.92. The third-order valence-electron chi connectivity index (χ3n) is 4.93. The van der Waals surface area contributed by atoms with Gasteiger partial charge < -0.3 is 9.47 Å². The van der Waals surface area contributed by atoms with Crippen molar-refractivity contribution in [3.05, 3.63) is 63.0 Å². The highest BCUT2D eigenvalue weighted by atomic mass is 35.5. The molecule has 1 heterocycles. The van der Waals surface area contributed by atoms with Crippen LogP contribution in [0.4, 0.5) is 13.9 Å². The van der Waals surface area contributed by atoms with E-state index in [0.29, 0.717) is 18.9 Å². The van der Waals surface area contributed by atoms with Gasteiger partial charge in [0.25, 0.3) is 11.8 Å². The summed E-state index contributed by atoms with van der Waals surface area (Å²) in [5.41, 5.74) is 0.0823. The number of nitrogens with zero attached hydrogens (tertiary/aromatic N) is 1. The Morgan fingerprint density at radius 3 is 2.50 bits per heavy atom. The molecule has 2 aromatic carbocycles. The quantitative estimate of drug-likeness (QED) is 0.360. The molecule has 1 aliphatic carbocycles. The fourth-order valence-electron chi connectivity index (χ4n) is 3.15. The molecule has 0 radical (unpaired) electrons. The average molecular weight is 577 g/mol. The summed E-state index contributed by atoms with van der Waals surface area (Å²) in [4.78, 5) is 28.2. The van der Waals surface area contributed by atoms with Crippen LogP contribution in [0.5, 0.6) is 11.6 Å². The summed E-state index contributed by atoms with van der Waals surface area (Å²) < 4.78 is 63.3. The standard InChI is InChI=1S/C22H16Cl2F2N2O6S2/c1-10(29)33-21-19(24)35-22(28-21)27-20(30)18(34-16-6-3-12(25)9-15(16)26)11-2-7-17(14(23)8-11)36(31,32)13-4-5-13/h2-3,6-9,13,18H,4-5H2,1H3,(H,27,28,30). The van der Waals surface area contributed by atoms with Crippen molar-refractivity contribution in [3.8, 4) is 11.6 Å². The Morgan fingerprint density at radius 2 is 1.89 bits per heavy atom. The Balaban J connectivity index is 1.67. The third kappa shape index (κ3) is 5.77. The second-order valence-electron chi connectivity index (χ2n) is 7.69. The van der Waals surface area contributed by atoms with Gasteiger partial charge >= 0.3 is 5.97 Å². The van der Waals surface area contributed by atoms with Gasteiger partial charge in [0, 0.05) is 18.6 Å². The van der Waals surface area contributed by atoms with E-state index >= 15 is 0 Å². The first-order valence-electron chi connectivity index (χ1n) is 10.3.